The van der Waals surface area contributed by atoms with Crippen LogP contribution in [0.3, 0.4) is 0 Å². The number of rotatable bonds is 2. The number of allylic oxidation sites excluding steroid dienone is 4. The highest BCUT2D eigenvalue weighted by molar-refractivity contribution is 7.26. The quantitative estimate of drug-likeness (QED) is 0.202. The molecule has 4 aromatic carbocycles. The molecule has 204 valence electrons. The largest absolute Gasteiger partial charge is 0.465 e. The van der Waals surface area contributed by atoms with Crippen molar-refractivity contribution in [3.63, 3.8) is 0 Å². The molecule has 0 bridgehead atoms. The van der Waals surface area contributed by atoms with Crippen molar-refractivity contribution in [2.24, 2.45) is 0 Å². The predicted octanol–water partition coefficient (Wildman–Crippen LogP) is 10.3. The molecule has 2 heterocycles. The Morgan fingerprint density at radius 2 is 1.49 bits per heavy atom. The summed E-state index contributed by atoms with van der Waals surface area (Å²) in [6.07, 6.45) is 5.61. The van der Waals surface area contributed by atoms with Gasteiger partial charge in [0.05, 0.1) is 11.2 Å². The summed E-state index contributed by atoms with van der Waals surface area (Å²) in [5.74, 6) is 0.217. The highest BCUT2D eigenvalue weighted by Crippen LogP contribution is 2.54. The summed E-state index contributed by atoms with van der Waals surface area (Å²) < 4.78 is 15.6. The van der Waals surface area contributed by atoms with Crippen molar-refractivity contribution >= 4 is 55.0 Å². The first kappa shape index (κ1) is 25.5. The van der Waals surface area contributed by atoms with Crippen LogP contribution < -0.4 is 0 Å². The van der Waals surface area contributed by atoms with E-state index in [4.69, 9.17) is 9.31 Å². The van der Waals surface area contributed by atoms with Gasteiger partial charge in [0.15, 0.2) is 0 Å². The molecule has 0 saturated carbocycles. The first-order chi connectivity index (χ1) is 19.5. The summed E-state index contributed by atoms with van der Waals surface area (Å²) in [6, 6.07) is 27.4. The summed E-state index contributed by atoms with van der Waals surface area (Å²) in [7, 11) is -0.217. The van der Waals surface area contributed by atoms with Crippen LogP contribution in [0.5, 0.6) is 0 Å². The van der Waals surface area contributed by atoms with Gasteiger partial charge in [-0.3, -0.25) is 0 Å². The van der Waals surface area contributed by atoms with Crippen LogP contribution in [-0.4, -0.2) is 18.3 Å². The van der Waals surface area contributed by atoms with E-state index in [0.717, 1.165) is 6.42 Å². The van der Waals surface area contributed by atoms with Gasteiger partial charge in [-0.1, -0.05) is 86.2 Å². The second kappa shape index (κ2) is 8.44. The average molecular weight is 555 g/mol. The molecule has 2 nitrogen and oxygen atoms in total. The molecular formula is C37H35BO2S. The maximum Gasteiger partial charge on any atom is 0.465 e. The van der Waals surface area contributed by atoms with Gasteiger partial charge in [-0.2, -0.15) is 0 Å². The van der Waals surface area contributed by atoms with E-state index in [2.05, 4.69) is 126 Å². The minimum atomic E-state index is -0.314. The average Bonchev–Trinajstić information content (AvgIpc) is 3.52. The van der Waals surface area contributed by atoms with Gasteiger partial charge in [0.2, 0.25) is 0 Å². The van der Waals surface area contributed by atoms with E-state index in [1.807, 2.05) is 11.3 Å². The van der Waals surface area contributed by atoms with E-state index in [1.165, 1.54) is 64.3 Å². The molecule has 8 rings (SSSR count). The van der Waals surface area contributed by atoms with E-state index in [1.54, 1.807) is 0 Å². The van der Waals surface area contributed by atoms with E-state index >= 15 is 0 Å². The molecule has 0 N–H and O–H groups in total. The van der Waals surface area contributed by atoms with Crippen LogP contribution in [0.2, 0.25) is 5.82 Å². The third kappa shape index (κ3) is 3.64. The van der Waals surface area contributed by atoms with Crippen LogP contribution in [0, 0.1) is 0 Å². The SMILES string of the molecule is CC1(C)C2=C(C=CC(B3OC(C)(C)C(C)(C)O3)C2)c2ccc(-c3ccc4c(c3)sc3ccc5ccccc5c34)cc21. The number of benzene rings is 4. The summed E-state index contributed by atoms with van der Waals surface area (Å²) in [5, 5.41) is 5.37. The van der Waals surface area contributed by atoms with Crippen molar-refractivity contribution in [3.05, 3.63) is 102 Å². The highest BCUT2D eigenvalue weighted by Gasteiger charge is 2.54. The Hall–Kier alpha value is -3.18. The van der Waals surface area contributed by atoms with Crippen LogP contribution in [0.15, 0.2) is 90.5 Å². The molecule has 1 aromatic heterocycles. The monoisotopic (exact) mass is 554 g/mol. The summed E-state index contributed by atoms with van der Waals surface area (Å²) >= 11 is 1.90. The molecule has 41 heavy (non-hydrogen) atoms. The lowest BCUT2D eigenvalue weighted by Gasteiger charge is -2.32. The lowest BCUT2D eigenvalue weighted by Crippen LogP contribution is -2.41. The fourth-order valence-corrected chi connectivity index (χ4v) is 8.35. The fraction of sp³-hybridized carbons (Fsp3) is 0.297. The topological polar surface area (TPSA) is 18.5 Å². The second-order valence-corrected chi connectivity index (χ2v) is 14.7. The minimum Gasteiger partial charge on any atom is -0.403 e. The molecule has 3 aliphatic rings. The molecule has 1 fully saturated rings. The Kier molecular flexibility index (Phi) is 5.26. The maximum absolute atomic E-state index is 6.46. The predicted molar refractivity (Wildman–Crippen MR) is 176 cm³/mol. The number of hydrogen-bond acceptors (Lipinski definition) is 3. The van der Waals surface area contributed by atoms with Gasteiger partial charge in [-0.25, -0.2) is 0 Å². The number of fused-ring (bicyclic) bond motifs is 7. The lowest BCUT2D eigenvalue weighted by molar-refractivity contribution is 0.00578. The van der Waals surface area contributed by atoms with Gasteiger partial charge in [-0.15, -0.1) is 11.3 Å². The first-order valence-corrected chi connectivity index (χ1v) is 15.6. The molecule has 4 heteroatoms. The van der Waals surface area contributed by atoms with Crippen molar-refractivity contribution in [3.8, 4) is 11.1 Å². The van der Waals surface area contributed by atoms with Gasteiger partial charge in [0.1, 0.15) is 0 Å². The van der Waals surface area contributed by atoms with Gasteiger partial charge in [0, 0.05) is 31.4 Å². The zero-order valence-electron chi connectivity index (χ0n) is 24.7. The Morgan fingerprint density at radius 3 is 2.29 bits per heavy atom. The van der Waals surface area contributed by atoms with E-state index < -0.39 is 0 Å². The fourth-order valence-electron chi connectivity index (χ4n) is 7.19. The number of hydrogen-bond donors (Lipinski definition) is 0. The first-order valence-electron chi connectivity index (χ1n) is 14.8. The van der Waals surface area contributed by atoms with Crippen LogP contribution in [0.1, 0.15) is 59.1 Å². The standard InChI is InChI=1S/C37H35BO2S/c1-35(2)30-19-23(24-12-16-29-33(20-24)41-32-18-13-22-9-7-8-10-26(22)34(29)32)11-15-27(30)28-17-14-25(21-31(28)35)38-39-36(3,4)37(5,6)40-38/h7-20,25H,21H2,1-6H3. The summed E-state index contributed by atoms with van der Waals surface area (Å²) in [6.45, 7) is 13.3. The zero-order chi connectivity index (χ0) is 28.3. The van der Waals surface area contributed by atoms with Crippen LogP contribution >= 0.6 is 11.3 Å². The van der Waals surface area contributed by atoms with Gasteiger partial charge in [-0.05, 0) is 90.9 Å². The van der Waals surface area contributed by atoms with Crippen molar-refractivity contribution in [1.82, 2.24) is 0 Å². The third-order valence-electron chi connectivity index (χ3n) is 10.3. The summed E-state index contributed by atoms with van der Waals surface area (Å²) in [4.78, 5) is 0. The van der Waals surface area contributed by atoms with Gasteiger partial charge < -0.3 is 9.31 Å². The minimum absolute atomic E-state index is 0.0477. The van der Waals surface area contributed by atoms with Crippen molar-refractivity contribution in [1.29, 1.82) is 0 Å². The molecule has 1 aliphatic heterocycles. The molecule has 1 unspecified atom stereocenters. The molecule has 1 atom stereocenters. The van der Waals surface area contributed by atoms with Gasteiger partial charge >= 0.3 is 7.12 Å². The molecule has 0 spiro atoms. The molecular weight excluding hydrogens is 519 g/mol. The van der Waals surface area contributed by atoms with Gasteiger partial charge in [0.25, 0.3) is 0 Å². The van der Waals surface area contributed by atoms with Crippen LogP contribution in [0.25, 0.3) is 47.6 Å². The Labute approximate surface area is 246 Å². The van der Waals surface area contributed by atoms with E-state index in [-0.39, 0.29) is 29.6 Å². The lowest BCUT2D eigenvalue weighted by atomic mass is 9.63. The molecule has 5 aromatic rings. The molecule has 0 radical (unpaired) electrons. The highest BCUT2D eigenvalue weighted by atomic mass is 32.1. The van der Waals surface area contributed by atoms with Crippen molar-refractivity contribution in [2.45, 2.75) is 70.4 Å². The maximum atomic E-state index is 6.46. The second-order valence-electron chi connectivity index (χ2n) is 13.6. The normalized spacial score (nSPS) is 22.2. The van der Waals surface area contributed by atoms with Crippen molar-refractivity contribution < 1.29 is 9.31 Å². The van der Waals surface area contributed by atoms with Crippen LogP contribution in [0.4, 0.5) is 0 Å². The third-order valence-corrected chi connectivity index (χ3v) is 11.4. The van der Waals surface area contributed by atoms with Crippen LogP contribution in [-0.2, 0) is 14.7 Å². The zero-order valence-corrected chi connectivity index (χ0v) is 25.5. The Morgan fingerprint density at radius 1 is 0.756 bits per heavy atom. The Balaban J connectivity index is 1.14. The van der Waals surface area contributed by atoms with E-state index in [0.29, 0.717) is 0 Å². The Bertz CT molecular complexity index is 1960. The molecule has 0 amide bonds. The van der Waals surface area contributed by atoms with E-state index in [9.17, 15) is 0 Å². The van der Waals surface area contributed by atoms with Crippen molar-refractivity contribution in [2.75, 3.05) is 0 Å². The number of thiophene rings is 1. The molecule has 1 saturated heterocycles. The smallest absolute Gasteiger partial charge is 0.403 e. The molecule has 2 aliphatic carbocycles. The summed E-state index contributed by atoms with van der Waals surface area (Å²) in [5.41, 5.74) is 7.56.